The number of rotatable bonds is 9. The molecule has 5 heteroatoms. The van der Waals surface area contributed by atoms with Gasteiger partial charge < -0.3 is 9.31 Å². The molecule has 2 rings (SSSR count). The maximum atomic E-state index is 12.2. The summed E-state index contributed by atoms with van der Waals surface area (Å²) in [4.78, 5) is 16.6. The minimum atomic E-state index is -0.284. The Kier molecular flexibility index (Phi) is 6.67. The molecule has 144 valence electrons. The topological polar surface area (TPSA) is 48.4 Å². The number of carbonyl (C=O) groups excluding carboxylic acids is 1. The summed E-state index contributed by atoms with van der Waals surface area (Å²) in [5, 5.41) is 0. The van der Waals surface area contributed by atoms with Crippen molar-refractivity contribution in [3.63, 3.8) is 0 Å². The van der Waals surface area contributed by atoms with Crippen LogP contribution in [0.15, 0.2) is 24.4 Å². The SMILES string of the molecule is CC(=O)C(C)(CCCCB1OC(C)(C)C(C)(C)O1)CCc1ccccn1. The molecule has 0 spiro atoms. The molecule has 1 aliphatic rings. The number of unbranched alkanes of at least 4 members (excludes halogenated alkanes) is 1. The minimum absolute atomic E-state index is 0.142. The molecule has 1 fully saturated rings. The molecule has 0 saturated carbocycles. The van der Waals surface area contributed by atoms with Crippen LogP contribution in [0.4, 0.5) is 0 Å². The van der Waals surface area contributed by atoms with E-state index >= 15 is 0 Å². The number of aryl methyl sites for hydroxylation is 1. The minimum Gasteiger partial charge on any atom is -0.403 e. The van der Waals surface area contributed by atoms with Crippen molar-refractivity contribution in [2.45, 2.75) is 91.2 Å². The molecule has 0 amide bonds. The van der Waals surface area contributed by atoms with Gasteiger partial charge in [-0.25, -0.2) is 0 Å². The number of hydrogen-bond donors (Lipinski definition) is 0. The third-order valence-corrected chi connectivity index (χ3v) is 6.23. The van der Waals surface area contributed by atoms with E-state index < -0.39 is 0 Å². The lowest BCUT2D eigenvalue weighted by Gasteiger charge is -2.32. The zero-order chi connectivity index (χ0) is 19.4. The van der Waals surface area contributed by atoms with Gasteiger partial charge in [0.15, 0.2) is 0 Å². The van der Waals surface area contributed by atoms with Crippen LogP contribution in [0.2, 0.25) is 6.32 Å². The van der Waals surface area contributed by atoms with Crippen molar-refractivity contribution in [1.82, 2.24) is 4.98 Å². The van der Waals surface area contributed by atoms with E-state index in [2.05, 4.69) is 39.6 Å². The van der Waals surface area contributed by atoms with Gasteiger partial charge in [0.25, 0.3) is 0 Å². The molecular weight excluding hydrogens is 325 g/mol. The van der Waals surface area contributed by atoms with Crippen LogP contribution in [0.5, 0.6) is 0 Å². The van der Waals surface area contributed by atoms with Gasteiger partial charge in [-0.05, 0) is 72.3 Å². The molecule has 0 aliphatic carbocycles. The molecule has 26 heavy (non-hydrogen) atoms. The average molecular weight is 359 g/mol. The third kappa shape index (κ3) is 5.17. The number of ketones is 1. The normalized spacial score (nSPS) is 20.8. The Bertz CT molecular complexity index is 587. The standard InChI is InChI=1S/C21H34BNO3/c1-17(24)21(6,14-12-18-11-7-10-16-23-18)13-8-9-15-22-25-19(2,3)20(4,5)26-22/h7,10-11,16H,8-9,12-15H2,1-6H3. The quantitative estimate of drug-likeness (QED) is 0.466. The van der Waals surface area contributed by atoms with Gasteiger partial charge in [0.2, 0.25) is 0 Å². The summed E-state index contributed by atoms with van der Waals surface area (Å²) >= 11 is 0. The molecule has 1 aromatic rings. The van der Waals surface area contributed by atoms with Gasteiger partial charge in [0.05, 0.1) is 11.2 Å². The Morgan fingerprint density at radius 2 is 1.77 bits per heavy atom. The lowest BCUT2D eigenvalue weighted by atomic mass is 9.75. The van der Waals surface area contributed by atoms with Gasteiger partial charge >= 0.3 is 7.12 Å². The summed E-state index contributed by atoms with van der Waals surface area (Å²) in [6.07, 6.45) is 7.27. The van der Waals surface area contributed by atoms with E-state index in [0.29, 0.717) is 0 Å². The molecule has 1 unspecified atom stereocenters. The number of nitrogens with zero attached hydrogens (tertiary/aromatic N) is 1. The van der Waals surface area contributed by atoms with Gasteiger partial charge in [-0.15, -0.1) is 0 Å². The smallest absolute Gasteiger partial charge is 0.403 e. The van der Waals surface area contributed by atoms with Crippen LogP contribution in [0.3, 0.4) is 0 Å². The second kappa shape index (κ2) is 8.22. The van der Waals surface area contributed by atoms with Gasteiger partial charge in [-0.1, -0.05) is 25.8 Å². The van der Waals surface area contributed by atoms with Crippen molar-refractivity contribution in [3.8, 4) is 0 Å². The molecule has 2 heterocycles. The zero-order valence-corrected chi connectivity index (χ0v) is 17.3. The Morgan fingerprint density at radius 1 is 1.12 bits per heavy atom. The number of aromatic nitrogens is 1. The van der Waals surface area contributed by atoms with Gasteiger partial charge in [-0.3, -0.25) is 9.78 Å². The van der Waals surface area contributed by atoms with Crippen LogP contribution < -0.4 is 0 Å². The van der Waals surface area contributed by atoms with Crippen LogP contribution in [-0.4, -0.2) is 29.1 Å². The number of Topliss-reactive ketones (excluding diaryl/α,β-unsaturated/α-hetero) is 1. The van der Waals surface area contributed by atoms with Crippen LogP contribution in [0.1, 0.15) is 72.9 Å². The first-order valence-corrected chi connectivity index (χ1v) is 9.82. The van der Waals surface area contributed by atoms with E-state index in [4.69, 9.17) is 9.31 Å². The fraction of sp³-hybridized carbons (Fsp3) is 0.714. The summed E-state index contributed by atoms with van der Waals surface area (Å²) in [5.41, 5.74) is 0.229. The molecule has 0 N–H and O–H groups in total. The first kappa shape index (κ1) is 21.1. The van der Waals surface area contributed by atoms with Crippen LogP contribution in [0.25, 0.3) is 0 Å². The molecule has 1 saturated heterocycles. The molecule has 4 nitrogen and oxygen atoms in total. The third-order valence-electron chi connectivity index (χ3n) is 6.23. The van der Waals surface area contributed by atoms with Crippen molar-refractivity contribution in [3.05, 3.63) is 30.1 Å². The highest BCUT2D eigenvalue weighted by Crippen LogP contribution is 2.38. The average Bonchev–Trinajstić information content (AvgIpc) is 2.77. The summed E-state index contributed by atoms with van der Waals surface area (Å²) in [6, 6.07) is 5.94. The second-order valence-corrected chi connectivity index (χ2v) is 8.87. The first-order valence-electron chi connectivity index (χ1n) is 9.82. The Balaban J connectivity index is 1.79. The van der Waals surface area contributed by atoms with Crippen molar-refractivity contribution in [1.29, 1.82) is 0 Å². The molecular formula is C21H34BNO3. The van der Waals surface area contributed by atoms with Crippen LogP contribution >= 0.6 is 0 Å². The van der Waals surface area contributed by atoms with E-state index in [1.54, 1.807) is 6.92 Å². The predicted octanol–water partition coefficient (Wildman–Crippen LogP) is 4.87. The van der Waals surface area contributed by atoms with Gasteiger partial charge in [-0.2, -0.15) is 0 Å². The fourth-order valence-electron chi connectivity index (χ4n) is 3.34. The molecule has 1 aromatic heterocycles. The van der Waals surface area contributed by atoms with E-state index in [1.807, 2.05) is 24.4 Å². The maximum absolute atomic E-state index is 12.2. The second-order valence-electron chi connectivity index (χ2n) is 8.87. The van der Waals surface area contributed by atoms with Crippen molar-refractivity contribution >= 4 is 12.9 Å². The van der Waals surface area contributed by atoms with Gasteiger partial charge in [0.1, 0.15) is 5.78 Å². The summed E-state index contributed by atoms with van der Waals surface area (Å²) < 4.78 is 12.1. The van der Waals surface area contributed by atoms with Crippen molar-refractivity contribution < 1.29 is 14.1 Å². The highest BCUT2D eigenvalue weighted by Gasteiger charge is 2.50. The first-order chi connectivity index (χ1) is 12.1. The van der Waals surface area contributed by atoms with E-state index in [-0.39, 0.29) is 29.5 Å². The molecule has 1 atom stereocenters. The van der Waals surface area contributed by atoms with E-state index in [0.717, 1.165) is 44.1 Å². The summed E-state index contributed by atoms with van der Waals surface area (Å²) in [7, 11) is -0.142. The monoisotopic (exact) mass is 359 g/mol. The lowest BCUT2D eigenvalue weighted by Crippen LogP contribution is -2.41. The molecule has 1 aliphatic heterocycles. The zero-order valence-electron chi connectivity index (χ0n) is 17.3. The fourth-order valence-corrected chi connectivity index (χ4v) is 3.34. The molecule has 0 bridgehead atoms. The Hall–Kier alpha value is -1.20. The predicted molar refractivity (Wildman–Crippen MR) is 106 cm³/mol. The molecule has 0 aromatic carbocycles. The molecule has 0 radical (unpaired) electrons. The lowest BCUT2D eigenvalue weighted by molar-refractivity contribution is -0.126. The van der Waals surface area contributed by atoms with Gasteiger partial charge in [0, 0.05) is 17.3 Å². The number of pyridine rings is 1. The van der Waals surface area contributed by atoms with Crippen molar-refractivity contribution in [2.24, 2.45) is 5.41 Å². The van der Waals surface area contributed by atoms with Crippen molar-refractivity contribution in [2.75, 3.05) is 0 Å². The van der Waals surface area contributed by atoms with Crippen LogP contribution in [-0.2, 0) is 20.5 Å². The largest absolute Gasteiger partial charge is 0.457 e. The maximum Gasteiger partial charge on any atom is 0.457 e. The van der Waals surface area contributed by atoms with Crippen LogP contribution in [0, 0.1) is 5.41 Å². The summed E-state index contributed by atoms with van der Waals surface area (Å²) in [5.74, 6) is 0.268. The number of hydrogen-bond acceptors (Lipinski definition) is 4. The highest BCUT2D eigenvalue weighted by atomic mass is 16.7. The Morgan fingerprint density at radius 3 is 2.31 bits per heavy atom. The Labute approximate surface area is 159 Å². The van der Waals surface area contributed by atoms with E-state index in [9.17, 15) is 4.79 Å². The highest BCUT2D eigenvalue weighted by molar-refractivity contribution is 6.45. The summed E-state index contributed by atoms with van der Waals surface area (Å²) in [6.45, 7) is 12.1. The van der Waals surface area contributed by atoms with E-state index in [1.165, 1.54) is 0 Å². The number of carbonyl (C=O) groups is 1.